The Hall–Kier alpha value is -1.61. The molecule has 0 aromatic heterocycles. The van der Waals surface area contributed by atoms with Gasteiger partial charge in [0, 0.05) is 13.2 Å². The predicted molar refractivity (Wildman–Crippen MR) is 51.3 cm³/mol. The standard InChI is InChI=1S/C9H8O2.CH4O/c10-9(11)7-6-8-4-2-1-3-5-8;1-2/h1-7H,(H,10,11);2H,1H3/b7-6+;. The lowest BCUT2D eigenvalue weighted by Crippen LogP contribution is -1.85. The van der Waals surface area contributed by atoms with Gasteiger partial charge in [0.1, 0.15) is 0 Å². The van der Waals surface area contributed by atoms with Gasteiger partial charge in [0.15, 0.2) is 0 Å². The molecule has 70 valence electrons. The van der Waals surface area contributed by atoms with Crippen molar-refractivity contribution in [3.05, 3.63) is 42.0 Å². The number of carboxylic acid groups (broad SMARTS) is 1. The summed E-state index contributed by atoms with van der Waals surface area (Å²) in [5.41, 5.74) is 0.898. The normalized spacial score (nSPS) is 9.08. The van der Waals surface area contributed by atoms with Crippen LogP contribution in [0.15, 0.2) is 36.4 Å². The highest BCUT2D eigenvalue weighted by molar-refractivity contribution is 5.85. The molecule has 0 aliphatic rings. The summed E-state index contributed by atoms with van der Waals surface area (Å²) in [5, 5.41) is 15.3. The van der Waals surface area contributed by atoms with Gasteiger partial charge in [-0.1, -0.05) is 30.3 Å². The van der Waals surface area contributed by atoms with Crippen molar-refractivity contribution in [3.63, 3.8) is 0 Å². The van der Waals surface area contributed by atoms with Crippen molar-refractivity contribution in [1.82, 2.24) is 0 Å². The fourth-order valence-corrected chi connectivity index (χ4v) is 0.732. The van der Waals surface area contributed by atoms with Gasteiger partial charge >= 0.3 is 5.97 Å². The molecule has 1 rings (SSSR count). The van der Waals surface area contributed by atoms with E-state index in [2.05, 4.69) is 0 Å². The third kappa shape index (κ3) is 5.64. The van der Waals surface area contributed by atoms with E-state index in [1.807, 2.05) is 30.3 Å². The van der Waals surface area contributed by atoms with E-state index in [-0.39, 0.29) is 0 Å². The number of benzene rings is 1. The van der Waals surface area contributed by atoms with Crippen LogP contribution >= 0.6 is 0 Å². The summed E-state index contributed by atoms with van der Waals surface area (Å²) in [4.78, 5) is 10.1. The molecule has 3 nitrogen and oxygen atoms in total. The third-order valence-corrected chi connectivity index (χ3v) is 1.22. The number of carbonyl (C=O) groups is 1. The molecule has 0 spiro atoms. The zero-order chi connectivity index (χ0) is 10.1. The van der Waals surface area contributed by atoms with Crippen molar-refractivity contribution < 1.29 is 15.0 Å². The van der Waals surface area contributed by atoms with Crippen molar-refractivity contribution in [3.8, 4) is 0 Å². The van der Waals surface area contributed by atoms with Crippen LogP contribution in [0.4, 0.5) is 0 Å². The van der Waals surface area contributed by atoms with Crippen LogP contribution < -0.4 is 0 Å². The number of carboxylic acids is 1. The Kier molecular flexibility index (Phi) is 6.19. The van der Waals surface area contributed by atoms with E-state index < -0.39 is 5.97 Å². The quantitative estimate of drug-likeness (QED) is 0.676. The van der Waals surface area contributed by atoms with Gasteiger partial charge in [0.25, 0.3) is 0 Å². The number of hydrogen-bond acceptors (Lipinski definition) is 2. The Labute approximate surface area is 77.0 Å². The molecule has 0 atom stereocenters. The van der Waals surface area contributed by atoms with E-state index in [4.69, 9.17) is 10.2 Å². The Balaban J connectivity index is 0.000000671. The zero-order valence-corrected chi connectivity index (χ0v) is 7.34. The van der Waals surface area contributed by atoms with E-state index in [1.165, 1.54) is 0 Å². The fraction of sp³-hybridized carbons (Fsp3) is 0.100. The van der Waals surface area contributed by atoms with Crippen molar-refractivity contribution in [2.24, 2.45) is 0 Å². The number of aliphatic carboxylic acids is 1. The molecule has 0 aliphatic carbocycles. The minimum Gasteiger partial charge on any atom is -0.478 e. The van der Waals surface area contributed by atoms with Crippen LogP contribution in [0.5, 0.6) is 0 Å². The maximum atomic E-state index is 10.1. The van der Waals surface area contributed by atoms with E-state index in [9.17, 15) is 4.79 Å². The number of aliphatic hydroxyl groups is 1. The molecule has 0 saturated heterocycles. The molecule has 0 radical (unpaired) electrons. The van der Waals surface area contributed by atoms with Crippen LogP contribution in [0.1, 0.15) is 5.56 Å². The summed E-state index contributed by atoms with van der Waals surface area (Å²) in [7, 11) is 1.00. The molecule has 0 heterocycles. The molecule has 0 bridgehead atoms. The first-order valence-corrected chi connectivity index (χ1v) is 3.70. The van der Waals surface area contributed by atoms with Crippen LogP contribution in [-0.4, -0.2) is 23.3 Å². The maximum absolute atomic E-state index is 10.1. The first-order chi connectivity index (χ1) is 6.29. The van der Waals surface area contributed by atoms with Crippen LogP contribution in [0, 0.1) is 0 Å². The summed E-state index contributed by atoms with van der Waals surface area (Å²) in [6.07, 6.45) is 2.68. The predicted octanol–water partition coefficient (Wildman–Crippen LogP) is 1.39. The molecular weight excluding hydrogens is 168 g/mol. The van der Waals surface area contributed by atoms with Gasteiger partial charge in [-0.15, -0.1) is 0 Å². The maximum Gasteiger partial charge on any atom is 0.328 e. The molecule has 0 unspecified atom stereocenters. The first kappa shape index (κ1) is 11.4. The third-order valence-electron chi connectivity index (χ3n) is 1.22. The smallest absolute Gasteiger partial charge is 0.328 e. The molecule has 0 aliphatic heterocycles. The molecule has 0 saturated carbocycles. The van der Waals surface area contributed by atoms with Gasteiger partial charge in [-0.2, -0.15) is 0 Å². The van der Waals surface area contributed by atoms with E-state index >= 15 is 0 Å². The molecule has 3 heteroatoms. The molecule has 0 amide bonds. The van der Waals surface area contributed by atoms with Gasteiger partial charge in [0.2, 0.25) is 0 Å². The Morgan fingerprint density at radius 3 is 2.23 bits per heavy atom. The van der Waals surface area contributed by atoms with Crippen LogP contribution in [-0.2, 0) is 4.79 Å². The Morgan fingerprint density at radius 2 is 1.77 bits per heavy atom. The summed E-state index contributed by atoms with van der Waals surface area (Å²) >= 11 is 0. The second-order valence-corrected chi connectivity index (χ2v) is 2.08. The van der Waals surface area contributed by atoms with Gasteiger partial charge in [0.05, 0.1) is 0 Å². The lowest BCUT2D eigenvalue weighted by molar-refractivity contribution is -0.131. The lowest BCUT2D eigenvalue weighted by atomic mass is 10.2. The zero-order valence-electron chi connectivity index (χ0n) is 7.34. The van der Waals surface area contributed by atoms with Crippen LogP contribution in [0.2, 0.25) is 0 Å². The number of rotatable bonds is 2. The highest BCUT2D eigenvalue weighted by Gasteiger charge is 1.85. The second kappa shape index (κ2) is 7.06. The molecule has 2 N–H and O–H groups in total. The highest BCUT2D eigenvalue weighted by Crippen LogP contribution is 1.99. The highest BCUT2D eigenvalue weighted by atomic mass is 16.4. The minimum atomic E-state index is -0.922. The monoisotopic (exact) mass is 180 g/mol. The SMILES string of the molecule is CO.O=C(O)/C=C/c1ccccc1. The van der Waals surface area contributed by atoms with Crippen molar-refractivity contribution in [2.45, 2.75) is 0 Å². The topological polar surface area (TPSA) is 57.5 Å². The van der Waals surface area contributed by atoms with Gasteiger partial charge in [-0.3, -0.25) is 0 Å². The molecular formula is C10H12O3. The molecule has 13 heavy (non-hydrogen) atoms. The lowest BCUT2D eigenvalue weighted by Gasteiger charge is -1.87. The minimum absolute atomic E-state index is 0.898. The first-order valence-electron chi connectivity index (χ1n) is 3.70. The second-order valence-electron chi connectivity index (χ2n) is 2.08. The average molecular weight is 180 g/mol. The van der Waals surface area contributed by atoms with Crippen molar-refractivity contribution in [1.29, 1.82) is 0 Å². The summed E-state index contributed by atoms with van der Waals surface area (Å²) in [6.45, 7) is 0. The van der Waals surface area contributed by atoms with Crippen LogP contribution in [0.3, 0.4) is 0 Å². The number of aliphatic hydroxyl groups excluding tert-OH is 1. The van der Waals surface area contributed by atoms with Gasteiger partial charge in [-0.25, -0.2) is 4.79 Å². The van der Waals surface area contributed by atoms with E-state index in [1.54, 1.807) is 6.08 Å². The summed E-state index contributed by atoms with van der Waals surface area (Å²) < 4.78 is 0. The number of hydrogen-bond donors (Lipinski definition) is 2. The van der Waals surface area contributed by atoms with Crippen molar-refractivity contribution >= 4 is 12.0 Å². The fourth-order valence-electron chi connectivity index (χ4n) is 0.732. The molecule has 1 aromatic rings. The summed E-state index contributed by atoms with van der Waals surface area (Å²) in [5.74, 6) is -0.922. The largest absolute Gasteiger partial charge is 0.478 e. The Morgan fingerprint density at radius 1 is 1.23 bits per heavy atom. The van der Waals surface area contributed by atoms with Crippen LogP contribution in [0.25, 0.3) is 6.08 Å². The van der Waals surface area contributed by atoms with Crippen molar-refractivity contribution in [2.75, 3.05) is 7.11 Å². The van der Waals surface area contributed by atoms with E-state index in [0.29, 0.717) is 0 Å². The summed E-state index contributed by atoms with van der Waals surface area (Å²) in [6, 6.07) is 9.31. The molecule has 0 fully saturated rings. The Bertz CT molecular complexity index is 265. The van der Waals surface area contributed by atoms with Gasteiger partial charge in [-0.05, 0) is 11.6 Å². The van der Waals surface area contributed by atoms with Gasteiger partial charge < -0.3 is 10.2 Å². The average Bonchev–Trinajstić information content (AvgIpc) is 2.19. The van der Waals surface area contributed by atoms with E-state index in [0.717, 1.165) is 18.7 Å². The molecule has 1 aromatic carbocycles.